The molecule has 0 radical (unpaired) electrons. The first-order valence-corrected chi connectivity index (χ1v) is 12.9. The molecule has 2 aromatic rings. The first-order valence-electron chi connectivity index (χ1n) is 11.4. The van der Waals surface area contributed by atoms with Gasteiger partial charge in [0.25, 0.3) is 10.0 Å². The van der Waals surface area contributed by atoms with Crippen molar-refractivity contribution in [3.8, 4) is 5.75 Å². The average Bonchev–Trinajstić information content (AvgIpc) is 2.77. The molecule has 3 N–H and O–H groups in total. The fourth-order valence-electron chi connectivity index (χ4n) is 3.01. The first-order chi connectivity index (χ1) is 16.0. The van der Waals surface area contributed by atoms with E-state index in [0.717, 1.165) is 18.6 Å². The molecule has 0 heterocycles. The molecule has 0 saturated carbocycles. The summed E-state index contributed by atoms with van der Waals surface area (Å²) in [4.78, 5) is 23.8. The Hall–Kier alpha value is -3.07. The van der Waals surface area contributed by atoms with Gasteiger partial charge in [0, 0.05) is 18.7 Å². The lowest BCUT2D eigenvalue weighted by Gasteiger charge is -2.19. The number of rotatable bonds is 11. The van der Waals surface area contributed by atoms with Gasteiger partial charge in [-0.1, -0.05) is 46.2 Å². The Morgan fingerprint density at radius 2 is 1.59 bits per heavy atom. The standard InChI is InChI=1S/C25H35N3O5S/c1-5-6-17-26-24(30)28-34(31,32)22-15-11-20(12-16-22)27-23(29)8-7-18-33-21-13-9-19(10-14-21)25(2,3)4/h9-16H,5-8,17-18H2,1-4H3,(H,27,29)(H2,26,28,30). The summed E-state index contributed by atoms with van der Waals surface area (Å²) in [6.07, 6.45) is 2.45. The molecule has 0 aliphatic rings. The molecule has 0 aliphatic heterocycles. The number of benzene rings is 2. The lowest BCUT2D eigenvalue weighted by molar-refractivity contribution is -0.116. The van der Waals surface area contributed by atoms with Gasteiger partial charge in [-0.3, -0.25) is 4.79 Å². The normalized spacial score (nSPS) is 11.5. The van der Waals surface area contributed by atoms with Crippen molar-refractivity contribution >= 4 is 27.6 Å². The topological polar surface area (TPSA) is 114 Å². The Morgan fingerprint density at radius 3 is 2.18 bits per heavy atom. The predicted molar refractivity (Wildman–Crippen MR) is 134 cm³/mol. The quantitative estimate of drug-likeness (QED) is 0.400. The summed E-state index contributed by atoms with van der Waals surface area (Å²) in [5.74, 6) is 0.563. The van der Waals surface area contributed by atoms with Crippen molar-refractivity contribution in [3.63, 3.8) is 0 Å². The van der Waals surface area contributed by atoms with E-state index in [9.17, 15) is 18.0 Å². The minimum Gasteiger partial charge on any atom is -0.494 e. The molecule has 9 heteroatoms. The molecule has 0 saturated heterocycles. The Morgan fingerprint density at radius 1 is 0.941 bits per heavy atom. The number of anilines is 1. The van der Waals surface area contributed by atoms with Crippen molar-refractivity contribution in [2.45, 2.75) is 63.7 Å². The van der Waals surface area contributed by atoms with Crippen LogP contribution in [0.1, 0.15) is 58.9 Å². The molecule has 0 aliphatic carbocycles. The van der Waals surface area contributed by atoms with Crippen LogP contribution in [0.4, 0.5) is 10.5 Å². The second kappa shape index (κ2) is 12.4. The molecule has 2 rings (SSSR count). The second-order valence-corrected chi connectivity index (χ2v) is 10.7. The van der Waals surface area contributed by atoms with E-state index in [1.54, 1.807) is 0 Å². The monoisotopic (exact) mass is 489 g/mol. The van der Waals surface area contributed by atoms with Gasteiger partial charge in [-0.05, 0) is 60.2 Å². The van der Waals surface area contributed by atoms with Gasteiger partial charge < -0.3 is 15.4 Å². The molecular weight excluding hydrogens is 454 g/mol. The van der Waals surface area contributed by atoms with E-state index in [1.807, 2.05) is 35.9 Å². The van der Waals surface area contributed by atoms with Crippen LogP contribution < -0.4 is 20.1 Å². The zero-order valence-corrected chi connectivity index (χ0v) is 21.1. The summed E-state index contributed by atoms with van der Waals surface area (Å²) >= 11 is 0. The number of sulfonamides is 1. The average molecular weight is 490 g/mol. The van der Waals surface area contributed by atoms with Crippen LogP contribution >= 0.6 is 0 Å². The smallest absolute Gasteiger partial charge is 0.328 e. The third kappa shape index (κ3) is 9.05. The highest BCUT2D eigenvalue weighted by Crippen LogP contribution is 2.24. The van der Waals surface area contributed by atoms with Gasteiger partial charge in [-0.2, -0.15) is 0 Å². The molecule has 0 fully saturated rings. The number of unbranched alkanes of at least 4 members (excludes halogenated alkanes) is 1. The van der Waals surface area contributed by atoms with Gasteiger partial charge in [-0.25, -0.2) is 17.9 Å². The Labute approximate surface area is 202 Å². The van der Waals surface area contributed by atoms with E-state index in [1.165, 1.54) is 29.8 Å². The molecular formula is C25H35N3O5S. The highest BCUT2D eigenvalue weighted by molar-refractivity contribution is 7.90. The Kier molecular flexibility index (Phi) is 9.92. The largest absolute Gasteiger partial charge is 0.494 e. The first kappa shape index (κ1) is 27.2. The molecule has 0 spiro atoms. The maximum absolute atomic E-state index is 12.3. The molecule has 186 valence electrons. The lowest BCUT2D eigenvalue weighted by atomic mass is 9.87. The second-order valence-electron chi connectivity index (χ2n) is 9.01. The van der Waals surface area contributed by atoms with Crippen LogP contribution in [0.2, 0.25) is 0 Å². The fraction of sp³-hybridized carbons (Fsp3) is 0.440. The van der Waals surface area contributed by atoms with Gasteiger partial charge in [0.2, 0.25) is 5.91 Å². The fourth-order valence-corrected chi connectivity index (χ4v) is 3.94. The van der Waals surface area contributed by atoms with Crippen molar-refractivity contribution in [1.82, 2.24) is 10.0 Å². The number of hydrogen-bond donors (Lipinski definition) is 3. The maximum atomic E-state index is 12.3. The van der Waals surface area contributed by atoms with E-state index in [4.69, 9.17) is 4.74 Å². The number of hydrogen-bond acceptors (Lipinski definition) is 5. The molecule has 34 heavy (non-hydrogen) atoms. The molecule has 0 atom stereocenters. The number of nitrogens with one attached hydrogen (secondary N) is 3. The van der Waals surface area contributed by atoms with Gasteiger partial charge >= 0.3 is 6.03 Å². The molecule has 0 bridgehead atoms. The Balaban J connectivity index is 1.76. The zero-order chi connectivity index (χ0) is 25.2. The van der Waals surface area contributed by atoms with Crippen molar-refractivity contribution in [2.24, 2.45) is 0 Å². The summed E-state index contributed by atoms with van der Waals surface area (Å²) in [6.45, 7) is 9.23. The summed E-state index contributed by atoms with van der Waals surface area (Å²) < 4.78 is 32.3. The van der Waals surface area contributed by atoms with Crippen LogP contribution in [0, 0.1) is 0 Å². The zero-order valence-electron chi connectivity index (χ0n) is 20.3. The highest BCUT2D eigenvalue weighted by atomic mass is 32.2. The van der Waals surface area contributed by atoms with Gasteiger partial charge in [0.15, 0.2) is 0 Å². The molecule has 8 nitrogen and oxygen atoms in total. The summed E-state index contributed by atoms with van der Waals surface area (Å²) in [6, 6.07) is 12.8. The van der Waals surface area contributed by atoms with E-state index in [2.05, 4.69) is 31.4 Å². The van der Waals surface area contributed by atoms with Crippen molar-refractivity contribution < 1.29 is 22.7 Å². The summed E-state index contributed by atoms with van der Waals surface area (Å²) in [7, 11) is -3.99. The van der Waals surface area contributed by atoms with E-state index < -0.39 is 16.1 Å². The van der Waals surface area contributed by atoms with Gasteiger partial charge in [-0.15, -0.1) is 0 Å². The maximum Gasteiger partial charge on any atom is 0.328 e. The molecule has 0 aromatic heterocycles. The summed E-state index contributed by atoms with van der Waals surface area (Å²) in [5, 5.41) is 5.22. The van der Waals surface area contributed by atoms with Crippen LogP contribution in [0.25, 0.3) is 0 Å². The minimum absolute atomic E-state index is 0.0676. The number of carbonyl (C=O) groups excluding carboxylic acids is 2. The number of urea groups is 1. The Bertz CT molecular complexity index is 1040. The van der Waals surface area contributed by atoms with Gasteiger partial charge in [0.05, 0.1) is 11.5 Å². The van der Waals surface area contributed by atoms with Crippen molar-refractivity contribution in [1.29, 1.82) is 0 Å². The van der Waals surface area contributed by atoms with Crippen LogP contribution in [0.3, 0.4) is 0 Å². The van der Waals surface area contributed by atoms with Crippen molar-refractivity contribution in [3.05, 3.63) is 54.1 Å². The predicted octanol–water partition coefficient (Wildman–Crippen LogP) is 4.57. The van der Waals surface area contributed by atoms with Crippen LogP contribution in [-0.4, -0.2) is 33.5 Å². The van der Waals surface area contributed by atoms with Crippen molar-refractivity contribution in [2.75, 3.05) is 18.5 Å². The highest BCUT2D eigenvalue weighted by Gasteiger charge is 2.17. The van der Waals surface area contributed by atoms with E-state index >= 15 is 0 Å². The van der Waals surface area contributed by atoms with Gasteiger partial charge in [0.1, 0.15) is 5.75 Å². The van der Waals surface area contributed by atoms with Crippen LogP contribution in [-0.2, 0) is 20.2 Å². The number of carbonyl (C=O) groups is 2. The number of amides is 3. The van der Waals surface area contributed by atoms with E-state index in [-0.39, 0.29) is 22.6 Å². The molecule has 3 amide bonds. The van der Waals surface area contributed by atoms with Crippen LogP contribution in [0.5, 0.6) is 5.75 Å². The van der Waals surface area contributed by atoms with Crippen LogP contribution in [0.15, 0.2) is 53.4 Å². The summed E-state index contributed by atoms with van der Waals surface area (Å²) in [5.41, 5.74) is 1.78. The lowest BCUT2D eigenvalue weighted by Crippen LogP contribution is -2.39. The molecule has 2 aromatic carbocycles. The van der Waals surface area contributed by atoms with E-state index in [0.29, 0.717) is 25.3 Å². The number of ether oxygens (including phenoxy) is 1. The third-order valence-corrected chi connectivity index (χ3v) is 6.38. The SMILES string of the molecule is CCCCNC(=O)NS(=O)(=O)c1ccc(NC(=O)CCCOc2ccc(C(C)(C)C)cc2)cc1. The third-order valence-electron chi connectivity index (χ3n) is 5.03. The minimum atomic E-state index is -3.99. The molecule has 0 unspecified atom stereocenters.